The number of rotatable bonds is 4. The first-order valence-corrected chi connectivity index (χ1v) is 11.1. The summed E-state index contributed by atoms with van der Waals surface area (Å²) >= 11 is 5.88. The van der Waals surface area contributed by atoms with Gasteiger partial charge in [-0.25, -0.2) is 13.2 Å². The number of amides is 3. The van der Waals surface area contributed by atoms with E-state index in [0.717, 1.165) is 5.56 Å². The molecule has 2 aromatic carbocycles. The lowest BCUT2D eigenvalue weighted by atomic mass is 9.88. The summed E-state index contributed by atoms with van der Waals surface area (Å²) in [6.45, 7) is 0.478. The van der Waals surface area contributed by atoms with Gasteiger partial charge in [0.1, 0.15) is 5.54 Å². The molecule has 0 aromatic heterocycles. The number of carbonyl (C=O) groups excluding carboxylic acids is 2. The second-order valence-corrected chi connectivity index (χ2v) is 9.62. The topological polar surface area (TPSA) is 86.8 Å². The number of benzene rings is 2. The van der Waals surface area contributed by atoms with E-state index in [1.54, 1.807) is 54.6 Å². The molecule has 2 saturated heterocycles. The molecule has 0 radical (unpaired) electrons. The number of imide groups is 1. The molecule has 2 heterocycles. The standard InChI is InChI=1S/C20H20ClN3O4S/c21-16-8-6-15(7-9-16)14-24-18(25)20(22-19(24)26)10-12-23(13-11-20)29(27,28)17-4-2-1-3-5-17/h1-9H,10-14H2,(H,22,26). The Morgan fingerprint density at radius 3 is 2.21 bits per heavy atom. The Morgan fingerprint density at radius 1 is 0.966 bits per heavy atom. The third-order valence-electron chi connectivity index (χ3n) is 5.46. The molecule has 0 aliphatic carbocycles. The van der Waals surface area contributed by atoms with Crippen LogP contribution in [0.15, 0.2) is 59.5 Å². The molecule has 3 amide bonds. The molecule has 9 heteroatoms. The van der Waals surface area contributed by atoms with E-state index < -0.39 is 21.6 Å². The number of sulfonamides is 1. The summed E-state index contributed by atoms with van der Waals surface area (Å²) in [4.78, 5) is 26.9. The first-order chi connectivity index (χ1) is 13.8. The summed E-state index contributed by atoms with van der Waals surface area (Å²) in [7, 11) is -3.62. The molecular weight excluding hydrogens is 414 g/mol. The van der Waals surface area contributed by atoms with Gasteiger partial charge in [-0.05, 0) is 42.7 Å². The van der Waals surface area contributed by atoms with Gasteiger partial charge >= 0.3 is 6.03 Å². The second kappa shape index (κ2) is 7.44. The summed E-state index contributed by atoms with van der Waals surface area (Å²) in [5, 5.41) is 3.38. The first kappa shape index (κ1) is 19.9. The highest BCUT2D eigenvalue weighted by molar-refractivity contribution is 7.89. The maximum absolute atomic E-state index is 13.0. The van der Waals surface area contributed by atoms with Crippen LogP contribution in [0, 0.1) is 0 Å². The summed E-state index contributed by atoms with van der Waals surface area (Å²) in [6.07, 6.45) is 0.474. The van der Waals surface area contributed by atoms with Crippen molar-refractivity contribution in [2.45, 2.75) is 29.8 Å². The molecule has 1 N–H and O–H groups in total. The molecule has 0 bridgehead atoms. The summed E-state index contributed by atoms with van der Waals surface area (Å²) < 4.78 is 27.0. The molecule has 152 valence electrons. The van der Waals surface area contributed by atoms with E-state index >= 15 is 0 Å². The van der Waals surface area contributed by atoms with Crippen LogP contribution in [0.25, 0.3) is 0 Å². The molecule has 29 heavy (non-hydrogen) atoms. The van der Waals surface area contributed by atoms with E-state index in [0.29, 0.717) is 5.02 Å². The van der Waals surface area contributed by atoms with Crippen LogP contribution in [0.1, 0.15) is 18.4 Å². The SMILES string of the molecule is O=C1NC2(CCN(S(=O)(=O)c3ccccc3)CC2)C(=O)N1Cc1ccc(Cl)cc1. The fourth-order valence-electron chi connectivity index (χ4n) is 3.78. The van der Waals surface area contributed by atoms with Crippen LogP contribution in [0.3, 0.4) is 0 Å². The van der Waals surface area contributed by atoms with Gasteiger partial charge in [-0.1, -0.05) is 41.9 Å². The fraction of sp³-hybridized carbons (Fsp3) is 0.300. The minimum absolute atomic E-state index is 0.148. The van der Waals surface area contributed by atoms with Crippen LogP contribution in [-0.4, -0.2) is 48.2 Å². The van der Waals surface area contributed by atoms with E-state index in [-0.39, 0.29) is 43.3 Å². The van der Waals surface area contributed by atoms with Gasteiger partial charge < -0.3 is 5.32 Å². The van der Waals surface area contributed by atoms with Gasteiger partial charge in [0, 0.05) is 18.1 Å². The van der Waals surface area contributed by atoms with Gasteiger partial charge in [-0.2, -0.15) is 4.31 Å². The van der Waals surface area contributed by atoms with Crippen molar-refractivity contribution < 1.29 is 18.0 Å². The molecular formula is C20H20ClN3O4S. The molecule has 0 saturated carbocycles. The number of nitrogens with one attached hydrogen (secondary N) is 1. The van der Waals surface area contributed by atoms with Crippen molar-refractivity contribution in [1.29, 1.82) is 0 Å². The predicted octanol–water partition coefficient (Wildman–Crippen LogP) is 2.62. The summed E-state index contributed by atoms with van der Waals surface area (Å²) in [6, 6.07) is 14.7. The maximum Gasteiger partial charge on any atom is 0.325 e. The highest BCUT2D eigenvalue weighted by Gasteiger charge is 2.53. The molecule has 0 atom stereocenters. The minimum Gasteiger partial charge on any atom is -0.323 e. The van der Waals surface area contributed by atoms with Crippen molar-refractivity contribution in [2.24, 2.45) is 0 Å². The number of nitrogens with zero attached hydrogens (tertiary/aromatic N) is 2. The first-order valence-electron chi connectivity index (χ1n) is 9.26. The number of halogens is 1. The van der Waals surface area contributed by atoms with Gasteiger partial charge in [0.05, 0.1) is 11.4 Å². The Balaban J connectivity index is 1.47. The molecule has 0 unspecified atom stereocenters. The molecule has 2 fully saturated rings. The van der Waals surface area contributed by atoms with Crippen LogP contribution in [-0.2, 0) is 21.4 Å². The van der Waals surface area contributed by atoms with Gasteiger partial charge in [0.15, 0.2) is 0 Å². The van der Waals surface area contributed by atoms with Gasteiger partial charge in [0.25, 0.3) is 5.91 Å². The average molecular weight is 434 g/mol. The maximum atomic E-state index is 13.0. The predicted molar refractivity (Wildman–Crippen MR) is 108 cm³/mol. The summed E-state index contributed by atoms with van der Waals surface area (Å²) in [5.41, 5.74) is -0.259. The molecule has 2 aliphatic rings. The lowest BCUT2D eigenvalue weighted by molar-refractivity contribution is -0.133. The third-order valence-corrected chi connectivity index (χ3v) is 7.62. The average Bonchev–Trinajstić information content (AvgIpc) is 2.94. The zero-order valence-corrected chi connectivity index (χ0v) is 17.1. The Labute approximate surface area is 174 Å². The Kier molecular flexibility index (Phi) is 5.10. The molecule has 7 nitrogen and oxygen atoms in total. The van der Waals surface area contributed by atoms with Crippen molar-refractivity contribution in [3.63, 3.8) is 0 Å². The minimum atomic E-state index is -3.62. The quantitative estimate of drug-likeness (QED) is 0.751. The Bertz CT molecular complexity index is 1030. The largest absolute Gasteiger partial charge is 0.325 e. The highest BCUT2D eigenvalue weighted by Crippen LogP contribution is 2.32. The molecule has 4 rings (SSSR count). The fourth-order valence-corrected chi connectivity index (χ4v) is 5.37. The van der Waals surface area contributed by atoms with Gasteiger partial charge in [-0.3, -0.25) is 9.69 Å². The van der Waals surface area contributed by atoms with E-state index in [2.05, 4.69) is 5.32 Å². The second-order valence-electron chi connectivity index (χ2n) is 7.25. The number of carbonyl (C=O) groups is 2. The van der Waals surface area contributed by atoms with Crippen molar-refractivity contribution >= 4 is 33.6 Å². The Morgan fingerprint density at radius 2 is 1.59 bits per heavy atom. The number of piperidine rings is 1. The van der Waals surface area contributed by atoms with Crippen molar-refractivity contribution in [1.82, 2.24) is 14.5 Å². The van der Waals surface area contributed by atoms with Crippen LogP contribution in [0.5, 0.6) is 0 Å². The zero-order valence-electron chi connectivity index (χ0n) is 15.5. The summed E-state index contributed by atoms with van der Waals surface area (Å²) in [5.74, 6) is -0.311. The third kappa shape index (κ3) is 3.63. The van der Waals surface area contributed by atoms with Crippen molar-refractivity contribution in [3.05, 3.63) is 65.2 Å². The van der Waals surface area contributed by atoms with E-state index in [9.17, 15) is 18.0 Å². The highest BCUT2D eigenvalue weighted by atomic mass is 35.5. The van der Waals surface area contributed by atoms with Crippen molar-refractivity contribution in [3.8, 4) is 0 Å². The van der Waals surface area contributed by atoms with Crippen LogP contribution in [0.4, 0.5) is 4.79 Å². The van der Waals surface area contributed by atoms with Crippen LogP contribution < -0.4 is 5.32 Å². The smallest absolute Gasteiger partial charge is 0.323 e. The number of urea groups is 1. The molecule has 2 aliphatic heterocycles. The number of hydrogen-bond acceptors (Lipinski definition) is 4. The number of hydrogen-bond donors (Lipinski definition) is 1. The zero-order chi connectivity index (χ0) is 20.6. The normalized spacial score (nSPS) is 19.6. The van der Waals surface area contributed by atoms with E-state index in [1.807, 2.05) is 0 Å². The Hall–Kier alpha value is -2.42. The van der Waals surface area contributed by atoms with Crippen LogP contribution >= 0.6 is 11.6 Å². The van der Waals surface area contributed by atoms with Gasteiger partial charge in [0.2, 0.25) is 10.0 Å². The monoisotopic (exact) mass is 433 g/mol. The van der Waals surface area contributed by atoms with E-state index in [1.165, 1.54) is 9.21 Å². The van der Waals surface area contributed by atoms with Crippen LogP contribution in [0.2, 0.25) is 5.02 Å². The van der Waals surface area contributed by atoms with Crippen molar-refractivity contribution in [2.75, 3.05) is 13.1 Å². The van der Waals surface area contributed by atoms with Gasteiger partial charge in [-0.15, -0.1) is 0 Å². The van der Waals surface area contributed by atoms with E-state index in [4.69, 9.17) is 11.6 Å². The molecule has 1 spiro atoms. The molecule has 2 aromatic rings. The lowest BCUT2D eigenvalue weighted by Crippen LogP contribution is -2.55. The lowest BCUT2D eigenvalue weighted by Gasteiger charge is -2.36.